The summed E-state index contributed by atoms with van der Waals surface area (Å²) in [5, 5.41) is 8.75. The van der Waals surface area contributed by atoms with Gasteiger partial charge in [-0.15, -0.1) is 0 Å². The number of aliphatic imine (C=N–C) groups is 1. The van der Waals surface area contributed by atoms with E-state index in [2.05, 4.69) is 37.0 Å². The number of benzene rings is 1. The number of aryl methyl sites for hydroxylation is 2. The smallest absolute Gasteiger partial charge is 0.155 e. The lowest BCUT2D eigenvalue weighted by Gasteiger charge is -2.14. The largest absolute Gasteiger partial charge is 0.402 e. The van der Waals surface area contributed by atoms with E-state index >= 15 is 0 Å². The highest BCUT2D eigenvalue weighted by molar-refractivity contribution is 5.72. The molecule has 122 valence electrons. The van der Waals surface area contributed by atoms with Gasteiger partial charge in [0.1, 0.15) is 6.07 Å². The standard InChI is InChI=1S/C19H26N4/c1-3-5-8-16-10-6-9-15(4-2)19(16)18(22)11-7-12-23-17(13-20)14-21/h6,9-13H,3-5,7-8,20,22H2,1-2H3/b17-13-,18-11-,23-12?. The molecule has 4 nitrogen and oxygen atoms in total. The van der Waals surface area contributed by atoms with Crippen LogP contribution >= 0.6 is 0 Å². The molecule has 0 aliphatic heterocycles. The maximum absolute atomic E-state index is 8.75. The van der Waals surface area contributed by atoms with E-state index in [1.54, 1.807) is 6.21 Å². The summed E-state index contributed by atoms with van der Waals surface area (Å²) in [5.74, 6) is 0. The molecule has 0 spiro atoms. The van der Waals surface area contributed by atoms with Crippen LogP contribution in [0.5, 0.6) is 0 Å². The van der Waals surface area contributed by atoms with Gasteiger partial charge in [-0.25, -0.2) is 4.99 Å². The molecule has 0 amide bonds. The Bertz CT molecular complexity index is 633. The third-order valence-electron chi connectivity index (χ3n) is 3.65. The molecule has 0 aliphatic carbocycles. The van der Waals surface area contributed by atoms with Crippen LogP contribution in [-0.2, 0) is 12.8 Å². The lowest BCUT2D eigenvalue weighted by molar-refractivity contribution is 0.792. The van der Waals surface area contributed by atoms with E-state index in [1.165, 1.54) is 17.3 Å². The Balaban J connectivity index is 2.99. The molecule has 0 heterocycles. The highest BCUT2D eigenvalue weighted by Crippen LogP contribution is 2.23. The fourth-order valence-corrected chi connectivity index (χ4v) is 2.44. The van der Waals surface area contributed by atoms with Gasteiger partial charge in [0.25, 0.3) is 0 Å². The molecule has 0 saturated carbocycles. The molecule has 4 heteroatoms. The van der Waals surface area contributed by atoms with Crippen LogP contribution in [0.15, 0.2) is 41.2 Å². The number of unbranched alkanes of at least 4 members (excludes halogenated alkanes) is 1. The first-order valence-electron chi connectivity index (χ1n) is 8.09. The van der Waals surface area contributed by atoms with E-state index in [0.717, 1.165) is 36.9 Å². The second-order valence-electron chi connectivity index (χ2n) is 5.28. The summed E-state index contributed by atoms with van der Waals surface area (Å²) in [4.78, 5) is 3.99. The van der Waals surface area contributed by atoms with Crippen molar-refractivity contribution in [2.45, 2.75) is 46.0 Å². The SMILES string of the molecule is CCCCc1cccc(CC)c1/C(N)=C/CC=N/C(C#N)=C\N. The van der Waals surface area contributed by atoms with E-state index in [9.17, 15) is 0 Å². The molecule has 4 N–H and O–H groups in total. The van der Waals surface area contributed by atoms with Crippen molar-refractivity contribution in [1.29, 1.82) is 5.26 Å². The molecule has 0 aromatic heterocycles. The van der Waals surface area contributed by atoms with Gasteiger partial charge in [-0.05, 0) is 30.4 Å². The van der Waals surface area contributed by atoms with E-state index in [4.69, 9.17) is 16.7 Å². The molecule has 1 aromatic carbocycles. The van der Waals surface area contributed by atoms with Gasteiger partial charge in [0.05, 0.1) is 0 Å². The lowest BCUT2D eigenvalue weighted by Crippen LogP contribution is -2.05. The van der Waals surface area contributed by atoms with Gasteiger partial charge >= 0.3 is 0 Å². The number of rotatable bonds is 8. The third kappa shape index (κ3) is 5.63. The van der Waals surface area contributed by atoms with E-state index in [1.807, 2.05) is 12.1 Å². The Labute approximate surface area is 139 Å². The quantitative estimate of drug-likeness (QED) is 0.567. The monoisotopic (exact) mass is 310 g/mol. The lowest BCUT2D eigenvalue weighted by atomic mass is 9.93. The Kier molecular flexibility index (Phi) is 8.23. The zero-order valence-corrected chi connectivity index (χ0v) is 14.0. The average Bonchev–Trinajstić information content (AvgIpc) is 2.59. The van der Waals surface area contributed by atoms with Crippen LogP contribution in [0.2, 0.25) is 0 Å². The molecule has 0 radical (unpaired) electrons. The molecular formula is C19H26N4. The minimum absolute atomic E-state index is 0.203. The Morgan fingerprint density at radius 3 is 2.65 bits per heavy atom. The number of nitriles is 1. The first-order chi connectivity index (χ1) is 11.2. The fraction of sp³-hybridized carbons (Fsp3) is 0.368. The van der Waals surface area contributed by atoms with Crippen molar-refractivity contribution in [2.75, 3.05) is 0 Å². The van der Waals surface area contributed by atoms with Crippen LogP contribution in [0.4, 0.5) is 0 Å². The molecule has 0 bridgehead atoms. The number of allylic oxidation sites excluding steroid dienone is 2. The summed E-state index contributed by atoms with van der Waals surface area (Å²) in [6.07, 6.45) is 9.66. The topological polar surface area (TPSA) is 88.2 Å². The molecule has 0 fully saturated rings. The van der Waals surface area contributed by atoms with Gasteiger partial charge < -0.3 is 11.5 Å². The molecule has 0 aliphatic rings. The van der Waals surface area contributed by atoms with Crippen molar-refractivity contribution in [3.05, 3.63) is 52.9 Å². The van der Waals surface area contributed by atoms with Gasteiger partial charge in [-0.3, -0.25) is 0 Å². The van der Waals surface area contributed by atoms with Crippen molar-refractivity contribution in [2.24, 2.45) is 16.5 Å². The first kappa shape index (κ1) is 18.5. The highest BCUT2D eigenvalue weighted by Gasteiger charge is 2.09. The summed E-state index contributed by atoms with van der Waals surface area (Å²) >= 11 is 0. The molecule has 1 aromatic rings. The number of hydrogen-bond acceptors (Lipinski definition) is 4. The second-order valence-corrected chi connectivity index (χ2v) is 5.28. The van der Waals surface area contributed by atoms with Crippen LogP contribution in [0, 0.1) is 11.3 Å². The average molecular weight is 310 g/mol. The Morgan fingerprint density at radius 2 is 2.04 bits per heavy atom. The summed E-state index contributed by atoms with van der Waals surface area (Å²) in [5.41, 5.74) is 16.3. The van der Waals surface area contributed by atoms with Crippen molar-refractivity contribution in [1.82, 2.24) is 0 Å². The van der Waals surface area contributed by atoms with Crippen LogP contribution in [0.1, 0.15) is 49.8 Å². The molecule has 23 heavy (non-hydrogen) atoms. The van der Waals surface area contributed by atoms with Crippen molar-refractivity contribution in [3.63, 3.8) is 0 Å². The Morgan fingerprint density at radius 1 is 1.30 bits per heavy atom. The van der Waals surface area contributed by atoms with Crippen molar-refractivity contribution < 1.29 is 0 Å². The molecule has 0 atom stereocenters. The van der Waals surface area contributed by atoms with E-state index in [-0.39, 0.29) is 5.70 Å². The number of nitrogens with zero attached hydrogens (tertiary/aromatic N) is 2. The molecule has 0 saturated heterocycles. The maximum Gasteiger partial charge on any atom is 0.155 e. The van der Waals surface area contributed by atoms with Gasteiger partial charge in [0.15, 0.2) is 5.70 Å². The van der Waals surface area contributed by atoms with Gasteiger partial charge in [0.2, 0.25) is 0 Å². The predicted octanol–water partition coefficient (Wildman–Crippen LogP) is 3.68. The van der Waals surface area contributed by atoms with Gasteiger partial charge in [-0.2, -0.15) is 5.26 Å². The fourth-order valence-electron chi connectivity index (χ4n) is 2.44. The number of nitrogens with two attached hydrogens (primary N) is 2. The van der Waals surface area contributed by atoms with Crippen LogP contribution < -0.4 is 11.5 Å². The highest BCUT2D eigenvalue weighted by atomic mass is 14.7. The molecule has 1 rings (SSSR count). The zero-order chi connectivity index (χ0) is 17.1. The van der Waals surface area contributed by atoms with Crippen LogP contribution in [0.25, 0.3) is 5.70 Å². The number of hydrogen-bond donors (Lipinski definition) is 2. The van der Waals surface area contributed by atoms with E-state index < -0.39 is 0 Å². The Hall–Kier alpha value is -2.54. The van der Waals surface area contributed by atoms with Crippen molar-refractivity contribution in [3.8, 4) is 6.07 Å². The third-order valence-corrected chi connectivity index (χ3v) is 3.65. The minimum Gasteiger partial charge on any atom is -0.402 e. The van der Waals surface area contributed by atoms with Crippen molar-refractivity contribution >= 4 is 11.9 Å². The normalized spacial score (nSPS) is 12.6. The summed E-state index contributed by atoms with van der Waals surface area (Å²) < 4.78 is 0. The van der Waals surface area contributed by atoms with Gasteiger partial charge in [0, 0.05) is 30.1 Å². The van der Waals surface area contributed by atoms with Crippen LogP contribution in [-0.4, -0.2) is 6.21 Å². The molecule has 0 unspecified atom stereocenters. The maximum atomic E-state index is 8.75. The predicted molar refractivity (Wildman–Crippen MR) is 97.6 cm³/mol. The first-order valence-corrected chi connectivity index (χ1v) is 8.09. The summed E-state index contributed by atoms with van der Waals surface area (Å²) in [6.45, 7) is 4.33. The van der Waals surface area contributed by atoms with E-state index in [0.29, 0.717) is 6.42 Å². The van der Waals surface area contributed by atoms with Gasteiger partial charge in [-0.1, -0.05) is 44.5 Å². The zero-order valence-electron chi connectivity index (χ0n) is 14.0. The second kappa shape index (κ2) is 10.2. The summed E-state index contributed by atoms with van der Waals surface area (Å²) in [6, 6.07) is 8.30. The molecular weight excluding hydrogens is 284 g/mol. The van der Waals surface area contributed by atoms with Crippen LogP contribution in [0.3, 0.4) is 0 Å². The summed E-state index contributed by atoms with van der Waals surface area (Å²) in [7, 11) is 0. The minimum atomic E-state index is 0.203.